The van der Waals surface area contributed by atoms with Gasteiger partial charge in [-0.2, -0.15) is 0 Å². The number of carbonyl (C=O) groups excluding carboxylic acids is 4. The molecular weight excluding hydrogens is 398 g/mol. The van der Waals surface area contributed by atoms with Gasteiger partial charge in [0, 0.05) is 6.20 Å². The molecule has 30 heavy (non-hydrogen) atoms. The standard InChI is InChI=1S/C20H25NO9/c1-5-8-29-18(26)13-6-7-14(21-9-13)16-19(27,11(3)23)20(28,12(4)24)17(30-16)15(25)10(2)22/h5,9,15-17,25,27-28H,1,6-8H2,2-4H3/t15?,16-,17+,19-,20+/m0/s1. The number of aliphatic imine (C=N–C) groups is 1. The topological polar surface area (TPSA) is 160 Å². The molecule has 1 saturated heterocycles. The summed E-state index contributed by atoms with van der Waals surface area (Å²) < 4.78 is 10.5. The summed E-state index contributed by atoms with van der Waals surface area (Å²) in [6.45, 7) is 6.32. The summed E-state index contributed by atoms with van der Waals surface area (Å²) in [5.41, 5.74) is -5.39. The molecule has 2 aliphatic heterocycles. The smallest absolute Gasteiger partial charge is 0.335 e. The second-order valence-electron chi connectivity index (χ2n) is 7.30. The third kappa shape index (κ3) is 3.67. The van der Waals surface area contributed by atoms with Crippen LogP contribution in [0.4, 0.5) is 0 Å². The molecular formula is C20H25NO9. The predicted octanol–water partition coefficient (Wildman–Crippen LogP) is -0.808. The lowest BCUT2D eigenvalue weighted by atomic mass is 9.70. The highest BCUT2D eigenvalue weighted by molar-refractivity contribution is 6.06. The van der Waals surface area contributed by atoms with Gasteiger partial charge in [-0.15, -0.1) is 0 Å². The van der Waals surface area contributed by atoms with E-state index in [-0.39, 0.29) is 30.7 Å². The molecule has 1 fully saturated rings. The van der Waals surface area contributed by atoms with E-state index in [1.165, 1.54) is 12.3 Å². The van der Waals surface area contributed by atoms with E-state index in [4.69, 9.17) is 9.47 Å². The number of hydrogen-bond acceptors (Lipinski definition) is 10. The Hall–Kier alpha value is -2.53. The van der Waals surface area contributed by atoms with Crippen LogP contribution in [0.25, 0.3) is 0 Å². The van der Waals surface area contributed by atoms with Gasteiger partial charge >= 0.3 is 5.97 Å². The van der Waals surface area contributed by atoms with E-state index in [1.807, 2.05) is 0 Å². The second-order valence-corrected chi connectivity index (χ2v) is 7.30. The van der Waals surface area contributed by atoms with Crippen molar-refractivity contribution in [3.05, 3.63) is 24.4 Å². The van der Waals surface area contributed by atoms with Crippen LogP contribution in [-0.2, 0) is 28.7 Å². The van der Waals surface area contributed by atoms with Crippen molar-refractivity contribution in [3.63, 3.8) is 0 Å². The van der Waals surface area contributed by atoms with E-state index in [9.17, 15) is 34.5 Å². The normalized spacial score (nSPS) is 31.9. The maximum absolute atomic E-state index is 12.4. The van der Waals surface area contributed by atoms with Crippen LogP contribution in [0.3, 0.4) is 0 Å². The van der Waals surface area contributed by atoms with Crippen LogP contribution in [0.2, 0.25) is 0 Å². The SMILES string of the molecule is C=CCOC(=O)C1=CN=C([C@@H]2O[C@H](C(O)C(C)=O)[C@](O)(C(C)=O)[C@]2(O)C(C)=O)CC1. The van der Waals surface area contributed by atoms with Crippen molar-refractivity contribution in [1.29, 1.82) is 0 Å². The zero-order valence-corrected chi connectivity index (χ0v) is 17.0. The highest BCUT2D eigenvalue weighted by atomic mass is 16.6. The number of rotatable bonds is 8. The molecule has 0 amide bonds. The van der Waals surface area contributed by atoms with Gasteiger partial charge in [0.2, 0.25) is 0 Å². The third-order valence-electron chi connectivity index (χ3n) is 5.37. The van der Waals surface area contributed by atoms with Crippen LogP contribution >= 0.6 is 0 Å². The minimum absolute atomic E-state index is 0.0127. The number of aliphatic hydroxyl groups excluding tert-OH is 1. The number of hydrogen-bond donors (Lipinski definition) is 3. The van der Waals surface area contributed by atoms with E-state index in [0.717, 1.165) is 20.8 Å². The molecule has 0 aromatic rings. The Labute approximate surface area is 172 Å². The molecule has 2 heterocycles. The predicted molar refractivity (Wildman–Crippen MR) is 103 cm³/mol. The summed E-state index contributed by atoms with van der Waals surface area (Å²) in [6, 6.07) is 0. The van der Waals surface area contributed by atoms with Crippen LogP contribution < -0.4 is 0 Å². The number of ether oxygens (including phenoxy) is 2. The average Bonchev–Trinajstić information content (AvgIpc) is 2.95. The Kier molecular flexibility index (Phi) is 6.87. The molecule has 0 aliphatic carbocycles. The van der Waals surface area contributed by atoms with Crippen molar-refractivity contribution in [1.82, 2.24) is 0 Å². The number of aliphatic hydroxyl groups is 3. The summed E-state index contributed by atoms with van der Waals surface area (Å²) in [6.07, 6.45) is -2.75. The van der Waals surface area contributed by atoms with Gasteiger partial charge in [-0.3, -0.25) is 19.4 Å². The molecule has 0 aromatic heterocycles. The number of ketones is 3. The second kappa shape index (κ2) is 8.68. The third-order valence-corrected chi connectivity index (χ3v) is 5.37. The van der Waals surface area contributed by atoms with Crippen LogP contribution in [-0.4, -0.2) is 80.5 Å². The molecule has 10 heteroatoms. The van der Waals surface area contributed by atoms with Gasteiger partial charge in [-0.05, 0) is 33.6 Å². The number of esters is 1. The van der Waals surface area contributed by atoms with Crippen LogP contribution in [0.1, 0.15) is 33.6 Å². The molecule has 5 atom stereocenters. The van der Waals surface area contributed by atoms with Gasteiger partial charge in [-0.25, -0.2) is 4.79 Å². The molecule has 0 radical (unpaired) electrons. The van der Waals surface area contributed by atoms with E-state index >= 15 is 0 Å². The molecule has 0 spiro atoms. The Morgan fingerprint density at radius 1 is 1.23 bits per heavy atom. The fraction of sp³-hybridized carbons (Fsp3) is 0.550. The van der Waals surface area contributed by atoms with E-state index in [1.54, 1.807) is 0 Å². The van der Waals surface area contributed by atoms with Gasteiger partial charge in [0.25, 0.3) is 0 Å². The Bertz CT molecular complexity index is 845. The van der Waals surface area contributed by atoms with Crippen molar-refractivity contribution >= 4 is 29.0 Å². The Morgan fingerprint density at radius 2 is 1.83 bits per heavy atom. The van der Waals surface area contributed by atoms with E-state index in [2.05, 4.69) is 11.6 Å². The molecule has 0 saturated carbocycles. The van der Waals surface area contributed by atoms with Gasteiger partial charge in [0.15, 0.2) is 28.6 Å². The Morgan fingerprint density at radius 3 is 2.27 bits per heavy atom. The fourth-order valence-corrected chi connectivity index (χ4v) is 3.65. The zero-order chi connectivity index (χ0) is 22.9. The number of Topliss-reactive ketones (excluding diaryl/α,β-unsaturated/α-hetero) is 3. The summed E-state index contributed by atoms with van der Waals surface area (Å²) in [7, 11) is 0. The minimum atomic E-state index is -2.88. The first-order valence-electron chi connectivity index (χ1n) is 9.27. The van der Waals surface area contributed by atoms with Gasteiger partial charge in [0.05, 0.1) is 11.3 Å². The lowest BCUT2D eigenvalue weighted by Crippen LogP contribution is -2.69. The fourth-order valence-electron chi connectivity index (χ4n) is 3.65. The van der Waals surface area contributed by atoms with Gasteiger partial charge in [0.1, 0.15) is 24.9 Å². The molecule has 0 aromatic carbocycles. The molecule has 2 rings (SSSR count). The molecule has 0 bridgehead atoms. The minimum Gasteiger partial charge on any atom is -0.458 e. The first kappa shape index (κ1) is 23.7. The van der Waals surface area contributed by atoms with Gasteiger partial charge in [-0.1, -0.05) is 12.7 Å². The van der Waals surface area contributed by atoms with Crippen LogP contribution in [0, 0.1) is 0 Å². The maximum Gasteiger partial charge on any atom is 0.335 e. The highest BCUT2D eigenvalue weighted by Gasteiger charge is 2.73. The molecule has 1 unspecified atom stereocenters. The van der Waals surface area contributed by atoms with Gasteiger partial charge < -0.3 is 24.8 Å². The summed E-state index contributed by atoms with van der Waals surface area (Å²) in [5, 5.41) is 32.5. The quantitative estimate of drug-likeness (QED) is 0.335. The maximum atomic E-state index is 12.4. The van der Waals surface area contributed by atoms with Crippen LogP contribution in [0.5, 0.6) is 0 Å². The summed E-state index contributed by atoms with van der Waals surface area (Å²) in [5.74, 6) is -3.51. The monoisotopic (exact) mass is 423 g/mol. The summed E-state index contributed by atoms with van der Waals surface area (Å²) >= 11 is 0. The molecule has 164 valence electrons. The molecule has 10 nitrogen and oxygen atoms in total. The number of carbonyl (C=O) groups is 4. The van der Waals surface area contributed by atoms with Crippen LogP contribution in [0.15, 0.2) is 29.4 Å². The van der Waals surface area contributed by atoms with E-state index < -0.39 is 52.8 Å². The zero-order valence-electron chi connectivity index (χ0n) is 17.0. The van der Waals surface area contributed by atoms with Crippen molar-refractivity contribution in [2.24, 2.45) is 4.99 Å². The molecule has 2 aliphatic rings. The highest BCUT2D eigenvalue weighted by Crippen LogP contribution is 2.44. The lowest BCUT2D eigenvalue weighted by molar-refractivity contribution is -0.181. The largest absolute Gasteiger partial charge is 0.458 e. The molecule has 3 N–H and O–H groups in total. The van der Waals surface area contributed by atoms with Crippen molar-refractivity contribution in [2.75, 3.05) is 6.61 Å². The van der Waals surface area contributed by atoms with Crippen molar-refractivity contribution < 1.29 is 44.0 Å². The first-order valence-corrected chi connectivity index (χ1v) is 9.27. The Balaban J connectivity index is 2.50. The van der Waals surface area contributed by atoms with Crippen molar-refractivity contribution in [3.8, 4) is 0 Å². The van der Waals surface area contributed by atoms with E-state index in [0.29, 0.717) is 0 Å². The number of nitrogens with zero attached hydrogens (tertiary/aromatic N) is 1. The van der Waals surface area contributed by atoms with Crippen molar-refractivity contribution in [2.45, 2.75) is 63.1 Å². The summed E-state index contributed by atoms with van der Waals surface area (Å²) in [4.78, 5) is 52.4. The average molecular weight is 423 g/mol. The lowest BCUT2D eigenvalue weighted by Gasteiger charge is -2.38. The first-order chi connectivity index (χ1) is 13.9.